The summed E-state index contributed by atoms with van der Waals surface area (Å²) < 4.78 is 0. The second-order valence-electron chi connectivity index (χ2n) is 3.51. The minimum atomic E-state index is 0.0873. The summed E-state index contributed by atoms with van der Waals surface area (Å²) in [5, 5.41) is 0. The van der Waals surface area contributed by atoms with Crippen LogP contribution in [0.5, 0.6) is 0 Å². The van der Waals surface area contributed by atoms with E-state index >= 15 is 0 Å². The highest BCUT2D eigenvalue weighted by molar-refractivity contribution is 5.85. The molecule has 0 aliphatic carbocycles. The number of Topliss-reactive ketones (excluding diaryl/α,β-unsaturated/α-hetero) is 1. The van der Waals surface area contributed by atoms with E-state index < -0.39 is 0 Å². The fourth-order valence-corrected chi connectivity index (χ4v) is 1.72. The largest absolute Gasteiger partial charge is 0.342 e. The Hall–Kier alpha value is -0.860. The Kier molecular flexibility index (Phi) is 3.46. The zero-order chi connectivity index (χ0) is 9.84. The molecule has 1 fully saturated rings. The fraction of sp³-hybridized carbons (Fsp3) is 0.800. The molecule has 3 heteroatoms. The van der Waals surface area contributed by atoms with Gasteiger partial charge in [-0.15, -0.1) is 0 Å². The molecule has 1 atom stereocenters. The van der Waals surface area contributed by atoms with E-state index in [-0.39, 0.29) is 11.8 Å². The first-order chi connectivity index (χ1) is 6.19. The molecule has 1 unspecified atom stereocenters. The van der Waals surface area contributed by atoms with Gasteiger partial charge in [-0.05, 0) is 6.42 Å². The Morgan fingerprint density at radius 1 is 1.54 bits per heavy atom. The number of nitrogens with zero attached hydrogens (tertiary/aromatic N) is 1. The molecular formula is C10H17NO2. The molecule has 0 aromatic heterocycles. The van der Waals surface area contributed by atoms with Crippen molar-refractivity contribution >= 4 is 11.7 Å². The number of rotatable bonds is 2. The molecule has 0 aromatic carbocycles. The summed E-state index contributed by atoms with van der Waals surface area (Å²) >= 11 is 0. The minimum Gasteiger partial charge on any atom is -0.342 e. The van der Waals surface area contributed by atoms with E-state index in [0.29, 0.717) is 31.7 Å². The predicted molar refractivity (Wildman–Crippen MR) is 50.3 cm³/mol. The van der Waals surface area contributed by atoms with Crippen molar-refractivity contribution in [3.05, 3.63) is 0 Å². The van der Waals surface area contributed by atoms with Gasteiger partial charge in [-0.3, -0.25) is 9.59 Å². The summed E-state index contributed by atoms with van der Waals surface area (Å²) in [4.78, 5) is 24.5. The zero-order valence-corrected chi connectivity index (χ0v) is 8.38. The predicted octanol–water partition coefficient (Wildman–Crippen LogP) is 1.22. The summed E-state index contributed by atoms with van der Waals surface area (Å²) in [6.45, 7) is 5.13. The Morgan fingerprint density at radius 3 is 2.77 bits per heavy atom. The van der Waals surface area contributed by atoms with Crippen molar-refractivity contribution in [2.75, 3.05) is 13.1 Å². The van der Waals surface area contributed by atoms with Gasteiger partial charge in [0.1, 0.15) is 5.78 Å². The first-order valence-corrected chi connectivity index (χ1v) is 4.99. The maximum Gasteiger partial charge on any atom is 0.222 e. The van der Waals surface area contributed by atoms with Gasteiger partial charge < -0.3 is 4.90 Å². The summed E-state index contributed by atoms with van der Waals surface area (Å²) in [5.41, 5.74) is 0. The molecule has 13 heavy (non-hydrogen) atoms. The van der Waals surface area contributed by atoms with Gasteiger partial charge in [-0.25, -0.2) is 0 Å². The summed E-state index contributed by atoms with van der Waals surface area (Å²) in [6.07, 6.45) is 1.95. The van der Waals surface area contributed by atoms with Gasteiger partial charge in [-0.1, -0.05) is 13.8 Å². The molecule has 3 nitrogen and oxygen atoms in total. The van der Waals surface area contributed by atoms with E-state index in [9.17, 15) is 9.59 Å². The van der Waals surface area contributed by atoms with Crippen LogP contribution in [0.15, 0.2) is 0 Å². The second kappa shape index (κ2) is 4.40. The van der Waals surface area contributed by atoms with Crippen molar-refractivity contribution in [2.45, 2.75) is 33.1 Å². The minimum absolute atomic E-state index is 0.0873. The van der Waals surface area contributed by atoms with E-state index in [4.69, 9.17) is 0 Å². The van der Waals surface area contributed by atoms with Crippen molar-refractivity contribution in [1.82, 2.24) is 4.90 Å². The van der Waals surface area contributed by atoms with Crippen LogP contribution in [0.25, 0.3) is 0 Å². The Morgan fingerprint density at radius 2 is 2.23 bits per heavy atom. The highest BCUT2D eigenvalue weighted by atomic mass is 16.2. The van der Waals surface area contributed by atoms with E-state index in [1.165, 1.54) is 0 Å². The first-order valence-electron chi connectivity index (χ1n) is 4.99. The van der Waals surface area contributed by atoms with E-state index in [0.717, 1.165) is 6.42 Å². The number of hydrogen-bond acceptors (Lipinski definition) is 2. The molecule has 1 amide bonds. The van der Waals surface area contributed by atoms with Crippen molar-refractivity contribution < 1.29 is 9.59 Å². The van der Waals surface area contributed by atoms with E-state index in [1.807, 2.05) is 18.7 Å². The topological polar surface area (TPSA) is 37.4 Å². The van der Waals surface area contributed by atoms with E-state index in [2.05, 4.69) is 0 Å². The quantitative estimate of drug-likeness (QED) is 0.645. The summed E-state index contributed by atoms with van der Waals surface area (Å²) in [7, 11) is 0. The molecule has 1 heterocycles. The van der Waals surface area contributed by atoms with Crippen molar-refractivity contribution in [3.63, 3.8) is 0 Å². The number of carbonyl (C=O) groups is 2. The Balaban J connectivity index is 2.54. The van der Waals surface area contributed by atoms with Crippen LogP contribution in [-0.4, -0.2) is 29.7 Å². The molecule has 1 aliphatic rings. The van der Waals surface area contributed by atoms with Gasteiger partial charge in [0.15, 0.2) is 0 Å². The molecular weight excluding hydrogens is 166 g/mol. The number of piperidine rings is 1. The van der Waals surface area contributed by atoms with Crippen molar-refractivity contribution in [1.29, 1.82) is 0 Å². The van der Waals surface area contributed by atoms with Gasteiger partial charge in [0.25, 0.3) is 0 Å². The Labute approximate surface area is 79.1 Å². The fourth-order valence-electron chi connectivity index (χ4n) is 1.72. The number of hydrogen-bond donors (Lipinski definition) is 0. The molecule has 0 radical (unpaired) electrons. The maximum absolute atomic E-state index is 11.3. The first kappa shape index (κ1) is 10.2. The number of likely N-dealkylation sites (tertiary alicyclic amines) is 1. The SMILES string of the molecule is CCC(=O)N1CCC(=O)C(CC)C1. The third-order valence-electron chi connectivity index (χ3n) is 2.67. The molecule has 1 aliphatic heterocycles. The number of amides is 1. The van der Waals surface area contributed by atoms with Crippen LogP contribution in [0.1, 0.15) is 33.1 Å². The lowest BCUT2D eigenvalue weighted by atomic mass is 9.94. The lowest BCUT2D eigenvalue weighted by molar-refractivity contribution is -0.137. The smallest absolute Gasteiger partial charge is 0.222 e. The van der Waals surface area contributed by atoms with Crippen LogP contribution >= 0.6 is 0 Å². The van der Waals surface area contributed by atoms with Crippen LogP contribution in [-0.2, 0) is 9.59 Å². The van der Waals surface area contributed by atoms with Crippen LogP contribution in [0.2, 0.25) is 0 Å². The van der Waals surface area contributed by atoms with Gasteiger partial charge in [-0.2, -0.15) is 0 Å². The van der Waals surface area contributed by atoms with Gasteiger partial charge in [0, 0.05) is 31.8 Å². The van der Waals surface area contributed by atoms with Crippen LogP contribution in [0.4, 0.5) is 0 Å². The number of carbonyl (C=O) groups excluding carboxylic acids is 2. The number of ketones is 1. The average molecular weight is 183 g/mol. The highest BCUT2D eigenvalue weighted by Crippen LogP contribution is 2.16. The van der Waals surface area contributed by atoms with Crippen molar-refractivity contribution in [2.24, 2.45) is 5.92 Å². The summed E-state index contributed by atoms with van der Waals surface area (Å²) in [5.74, 6) is 0.581. The summed E-state index contributed by atoms with van der Waals surface area (Å²) in [6, 6.07) is 0. The standard InChI is InChI=1S/C10H17NO2/c1-3-8-7-11(10(13)4-2)6-5-9(8)12/h8H,3-7H2,1-2H3. The average Bonchev–Trinajstić information content (AvgIpc) is 2.17. The van der Waals surface area contributed by atoms with Gasteiger partial charge in [0.2, 0.25) is 5.91 Å². The molecule has 1 saturated heterocycles. The third-order valence-corrected chi connectivity index (χ3v) is 2.67. The van der Waals surface area contributed by atoms with E-state index in [1.54, 1.807) is 0 Å². The molecule has 0 N–H and O–H groups in total. The second-order valence-corrected chi connectivity index (χ2v) is 3.51. The van der Waals surface area contributed by atoms with Crippen molar-refractivity contribution in [3.8, 4) is 0 Å². The normalized spacial score (nSPS) is 23.4. The highest BCUT2D eigenvalue weighted by Gasteiger charge is 2.27. The molecule has 0 saturated carbocycles. The molecule has 0 spiro atoms. The molecule has 0 aromatic rings. The monoisotopic (exact) mass is 183 g/mol. The van der Waals surface area contributed by atoms with Crippen LogP contribution < -0.4 is 0 Å². The molecule has 1 rings (SSSR count). The third kappa shape index (κ3) is 2.29. The maximum atomic E-state index is 11.3. The molecule has 74 valence electrons. The van der Waals surface area contributed by atoms with Gasteiger partial charge in [0.05, 0.1) is 0 Å². The Bertz CT molecular complexity index is 213. The van der Waals surface area contributed by atoms with Crippen LogP contribution in [0, 0.1) is 5.92 Å². The van der Waals surface area contributed by atoms with Gasteiger partial charge >= 0.3 is 0 Å². The lowest BCUT2D eigenvalue weighted by Crippen LogP contribution is -2.43. The molecule has 0 bridgehead atoms. The zero-order valence-electron chi connectivity index (χ0n) is 8.38. The van der Waals surface area contributed by atoms with Crippen LogP contribution in [0.3, 0.4) is 0 Å². The lowest BCUT2D eigenvalue weighted by Gasteiger charge is -2.31.